The van der Waals surface area contributed by atoms with E-state index in [0.717, 1.165) is 29.0 Å². The van der Waals surface area contributed by atoms with E-state index in [2.05, 4.69) is 24.3 Å². The smallest absolute Gasteiger partial charge is 0.185 e. The zero-order chi connectivity index (χ0) is 12.8. The predicted molar refractivity (Wildman–Crippen MR) is 77.1 cm³/mol. The van der Waals surface area contributed by atoms with E-state index >= 15 is 0 Å². The van der Waals surface area contributed by atoms with E-state index in [4.69, 9.17) is 5.73 Å². The summed E-state index contributed by atoms with van der Waals surface area (Å²) in [6, 6.07) is 4.16. The quantitative estimate of drug-likeness (QED) is 0.655. The average molecular weight is 249 g/mol. The molecular formula is C14H19NOS. The van der Waals surface area contributed by atoms with Gasteiger partial charge in [-0.25, -0.2) is 0 Å². The Labute approximate surface area is 107 Å². The van der Waals surface area contributed by atoms with Crippen LogP contribution in [-0.4, -0.2) is 10.9 Å². The van der Waals surface area contributed by atoms with Crippen molar-refractivity contribution in [2.75, 3.05) is 11.5 Å². The minimum atomic E-state index is 0.178. The molecule has 0 radical (unpaired) electrons. The van der Waals surface area contributed by atoms with E-state index in [1.54, 1.807) is 6.92 Å². The first-order chi connectivity index (χ1) is 8.00. The first-order valence-electron chi connectivity index (χ1n) is 5.67. The molecule has 0 amide bonds. The lowest BCUT2D eigenvalue weighted by Crippen LogP contribution is -1.93. The SMILES string of the molecule is CC(=O)SCCC=Cc1cc(C)c(N)c(C)c1. The highest BCUT2D eigenvalue weighted by atomic mass is 32.2. The van der Waals surface area contributed by atoms with Crippen LogP contribution in [0.2, 0.25) is 0 Å². The molecule has 17 heavy (non-hydrogen) atoms. The number of hydrogen-bond acceptors (Lipinski definition) is 3. The number of carbonyl (C=O) groups is 1. The molecule has 0 aliphatic rings. The molecule has 0 aliphatic carbocycles. The van der Waals surface area contributed by atoms with Gasteiger partial charge >= 0.3 is 0 Å². The van der Waals surface area contributed by atoms with Crippen molar-refractivity contribution in [1.29, 1.82) is 0 Å². The van der Waals surface area contributed by atoms with Crippen LogP contribution in [0.1, 0.15) is 30.0 Å². The Morgan fingerprint density at radius 2 is 1.94 bits per heavy atom. The van der Waals surface area contributed by atoms with Gasteiger partial charge in [0.15, 0.2) is 5.12 Å². The van der Waals surface area contributed by atoms with Crippen LogP contribution in [0.4, 0.5) is 5.69 Å². The number of benzene rings is 1. The highest BCUT2D eigenvalue weighted by Crippen LogP contribution is 2.19. The maximum absolute atomic E-state index is 10.7. The fourth-order valence-electron chi connectivity index (χ4n) is 1.59. The molecule has 0 saturated heterocycles. The number of anilines is 1. The Morgan fingerprint density at radius 1 is 1.35 bits per heavy atom. The fourth-order valence-corrected chi connectivity index (χ4v) is 2.14. The molecule has 1 aromatic carbocycles. The zero-order valence-corrected chi connectivity index (χ0v) is 11.4. The maximum Gasteiger partial charge on any atom is 0.185 e. The molecule has 2 nitrogen and oxygen atoms in total. The number of carbonyl (C=O) groups excluding carboxylic acids is 1. The summed E-state index contributed by atoms with van der Waals surface area (Å²) in [5.74, 6) is 0.846. The summed E-state index contributed by atoms with van der Waals surface area (Å²) < 4.78 is 0. The Morgan fingerprint density at radius 3 is 2.47 bits per heavy atom. The second-order valence-electron chi connectivity index (χ2n) is 4.10. The van der Waals surface area contributed by atoms with E-state index in [0.29, 0.717) is 0 Å². The van der Waals surface area contributed by atoms with Gasteiger partial charge in [0.05, 0.1) is 0 Å². The number of rotatable bonds is 4. The van der Waals surface area contributed by atoms with Crippen molar-refractivity contribution in [3.63, 3.8) is 0 Å². The predicted octanol–water partition coefficient (Wildman–Crippen LogP) is 3.57. The van der Waals surface area contributed by atoms with Gasteiger partial charge in [0.25, 0.3) is 0 Å². The summed E-state index contributed by atoms with van der Waals surface area (Å²) in [5.41, 5.74) is 10.2. The minimum absolute atomic E-state index is 0.178. The van der Waals surface area contributed by atoms with Crippen LogP contribution in [0.5, 0.6) is 0 Å². The molecule has 0 aliphatic heterocycles. The third-order valence-electron chi connectivity index (χ3n) is 2.52. The number of thioether (sulfide) groups is 1. The Hall–Kier alpha value is -1.22. The van der Waals surface area contributed by atoms with Gasteiger partial charge in [-0.2, -0.15) is 0 Å². The van der Waals surface area contributed by atoms with Crippen LogP contribution in [0.15, 0.2) is 18.2 Å². The van der Waals surface area contributed by atoms with Crippen LogP contribution in [0, 0.1) is 13.8 Å². The summed E-state index contributed by atoms with van der Waals surface area (Å²) in [7, 11) is 0. The van der Waals surface area contributed by atoms with Gasteiger partial charge in [-0.1, -0.05) is 23.9 Å². The molecule has 0 bridgehead atoms. The van der Waals surface area contributed by atoms with E-state index in [1.165, 1.54) is 17.3 Å². The molecule has 0 fully saturated rings. The third-order valence-corrected chi connectivity index (χ3v) is 3.36. The summed E-state index contributed by atoms with van der Waals surface area (Å²) in [4.78, 5) is 10.7. The van der Waals surface area contributed by atoms with Crippen molar-refractivity contribution < 1.29 is 4.79 Å². The normalized spacial score (nSPS) is 11.0. The molecule has 1 aromatic rings. The van der Waals surface area contributed by atoms with Crippen LogP contribution < -0.4 is 5.73 Å². The molecule has 92 valence electrons. The zero-order valence-electron chi connectivity index (χ0n) is 10.6. The summed E-state index contributed by atoms with van der Waals surface area (Å²) >= 11 is 1.37. The van der Waals surface area contributed by atoms with Gasteiger partial charge < -0.3 is 5.73 Å². The van der Waals surface area contributed by atoms with E-state index in [-0.39, 0.29) is 5.12 Å². The summed E-state index contributed by atoms with van der Waals surface area (Å²) in [5, 5.41) is 0.178. The molecule has 0 heterocycles. The lowest BCUT2D eigenvalue weighted by atomic mass is 10.0. The number of aryl methyl sites for hydroxylation is 2. The largest absolute Gasteiger partial charge is 0.398 e. The Kier molecular flexibility index (Phi) is 5.29. The Bertz CT molecular complexity index is 415. The second kappa shape index (κ2) is 6.50. The van der Waals surface area contributed by atoms with Gasteiger partial charge in [-0.3, -0.25) is 4.79 Å². The van der Waals surface area contributed by atoms with E-state index < -0.39 is 0 Å². The molecule has 0 saturated carbocycles. The molecule has 0 unspecified atom stereocenters. The lowest BCUT2D eigenvalue weighted by molar-refractivity contribution is -0.109. The highest BCUT2D eigenvalue weighted by Gasteiger charge is 1.99. The number of nitrogens with two attached hydrogens (primary N) is 1. The number of nitrogen functional groups attached to an aromatic ring is 1. The van der Waals surface area contributed by atoms with Crippen molar-refractivity contribution in [3.05, 3.63) is 34.9 Å². The van der Waals surface area contributed by atoms with Crippen molar-refractivity contribution in [3.8, 4) is 0 Å². The van der Waals surface area contributed by atoms with Gasteiger partial charge in [-0.15, -0.1) is 0 Å². The van der Waals surface area contributed by atoms with Crippen molar-refractivity contribution >= 4 is 28.6 Å². The highest BCUT2D eigenvalue weighted by molar-refractivity contribution is 8.13. The molecule has 0 atom stereocenters. The molecular weight excluding hydrogens is 230 g/mol. The third kappa shape index (κ3) is 4.65. The van der Waals surface area contributed by atoms with Crippen LogP contribution >= 0.6 is 11.8 Å². The monoisotopic (exact) mass is 249 g/mol. The van der Waals surface area contributed by atoms with Crippen molar-refractivity contribution in [2.45, 2.75) is 27.2 Å². The van der Waals surface area contributed by atoms with Crippen LogP contribution in [-0.2, 0) is 4.79 Å². The number of allylic oxidation sites excluding steroid dienone is 1. The van der Waals surface area contributed by atoms with Gasteiger partial charge in [0.2, 0.25) is 0 Å². The lowest BCUT2D eigenvalue weighted by Gasteiger charge is -2.05. The van der Waals surface area contributed by atoms with Crippen molar-refractivity contribution in [2.24, 2.45) is 0 Å². The average Bonchev–Trinajstić information content (AvgIpc) is 2.25. The van der Waals surface area contributed by atoms with Gasteiger partial charge in [-0.05, 0) is 49.1 Å². The fraction of sp³-hybridized carbons (Fsp3) is 0.357. The maximum atomic E-state index is 10.7. The summed E-state index contributed by atoms with van der Waals surface area (Å²) in [6.07, 6.45) is 5.09. The second-order valence-corrected chi connectivity index (χ2v) is 5.37. The molecule has 0 spiro atoms. The van der Waals surface area contributed by atoms with E-state index in [9.17, 15) is 4.79 Å². The number of hydrogen-bond donors (Lipinski definition) is 1. The Balaban J connectivity index is 2.57. The van der Waals surface area contributed by atoms with E-state index in [1.807, 2.05) is 13.8 Å². The van der Waals surface area contributed by atoms with Gasteiger partial charge in [0, 0.05) is 18.4 Å². The first kappa shape index (κ1) is 13.8. The molecule has 3 heteroatoms. The standard InChI is InChI=1S/C14H19NOS/c1-10-8-13(9-11(2)14(10)15)6-4-5-7-17-12(3)16/h4,6,8-9H,5,7,15H2,1-3H3. The minimum Gasteiger partial charge on any atom is -0.398 e. The topological polar surface area (TPSA) is 43.1 Å². The molecule has 0 aromatic heterocycles. The van der Waals surface area contributed by atoms with Gasteiger partial charge in [0.1, 0.15) is 0 Å². The summed E-state index contributed by atoms with van der Waals surface area (Å²) in [6.45, 7) is 5.64. The molecule has 1 rings (SSSR count). The first-order valence-corrected chi connectivity index (χ1v) is 6.66. The van der Waals surface area contributed by atoms with Crippen LogP contribution in [0.25, 0.3) is 6.08 Å². The van der Waals surface area contributed by atoms with Crippen LogP contribution in [0.3, 0.4) is 0 Å². The molecule has 2 N–H and O–H groups in total. The van der Waals surface area contributed by atoms with Crippen molar-refractivity contribution in [1.82, 2.24) is 0 Å².